The van der Waals surface area contributed by atoms with Gasteiger partial charge in [0.05, 0.1) is 6.26 Å². The van der Waals surface area contributed by atoms with Crippen molar-refractivity contribution in [1.29, 1.82) is 5.26 Å². The fraction of sp³-hybridized carbons (Fsp3) is 0.654. The maximum Gasteiger partial charge on any atom is 0.289 e. The van der Waals surface area contributed by atoms with Crippen LogP contribution in [0.15, 0.2) is 34.1 Å². The van der Waals surface area contributed by atoms with Crippen molar-refractivity contribution >= 4 is 11.8 Å². The number of hydrogen-bond donors (Lipinski definition) is 0. The van der Waals surface area contributed by atoms with Crippen molar-refractivity contribution < 1.29 is 14.0 Å². The molecule has 5 rings (SSSR count). The van der Waals surface area contributed by atoms with Gasteiger partial charge in [-0.05, 0) is 43.7 Å². The van der Waals surface area contributed by atoms with E-state index in [1.54, 1.807) is 17.0 Å². The molecule has 2 atom stereocenters. The van der Waals surface area contributed by atoms with Gasteiger partial charge >= 0.3 is 0 Å². The van der Waals surface area contributed by atoms with Crippen LogP contribution in [0.2, 0.25) is 0 Å². The molecule has 33 heavy (non-hydrogen) atoms. The maximum atomic E-state index is 13.6. The molecule has 2 aliphatic heterocycles. The minimum absolute atomic E-state index is 0.0599. The average Bonchev–Trinajstić information content (AvgIpc) is 3.41. The molecule has 7 nitrogen and oxygen atoms in total. The maximum absolute atomic E-state index is 13.6. The number of furan rings is 1. The Hall–Kier alpha value is -2.75. The Morgan fingerprint density at radius 1 is 1.03 bits per heavy atom. The molecule has 3 fully saturated rings. The van der Waals surface area contributed by atoms with Crippen LogP contribution in [0.3, 0.4) is 0 Å². The van der Waals surface area contributed by atoms with Crippen molar-refractivity contribution in [2.24, 2.45) is 11.8 Å². The molecule has 3 heterocycles. The first-order valence-electron chi connectivity index (χ1n) is 12.7. The van der Waals surface area contributed by atoms with E-state index in [-0.39, 0.29) is 23.8 Å². The Kier molecular flexibility index (Phi) is 6.43. The third-order valence-corrected chi connectivity index (χ3v) is 8.14. The summed E-state index contributed by atoms with van der Waals surface area (Å²) in [6, 6.07) is 5.94. The molecule has 1 aromatic rings. The molecule has 2 amide bonds. The van der Waals surface area contributed by atoms with Crippen molar-refractivity contribution in [2.75, 3.05) is 32.7 Å². The second-order valence-electron chi connectivity index (χ2n) is 10.0. The Bertz CT molecular complexity index is 933. The van der Waals surface area contributed by atoms with Crippen LogP contribution in [0.1, 0.15) is 68.3 Å². The number of carbonyl (C=O) groups excluding carboxylic acids is 2. The minimum atomic E-state index is -0.0944. The largest absolute Gasteiger partial charge is 0.459 e. The summed E-state index contributed by atoms with van der Waals surface area (Å²) in [6.45, 7) is 3.24. The number of carbonyl (C=O) groups is 2. The fourth-order valence-electron chi connectivity index (χ4n) is 6.46. The van der Waals surface area contributed by atoms with Crippen LogP contribution in [-0.4, -0.2) is 65.3 Å². The molecule has 2 unspecified atom stereocenters. The summed E-state index contributed by atoms with van der Waals surface area (Å²) in [6.07, 6.45) is 12.1. The summed E-state index contributed by atoms with van der Waals surface area (Å²) in [5.74, 6) is 1.02. The molecule has 7 heteroatoms. The van der Waals surface area contributed by atoms with E-state index in [1.807, 2.05) is 0 Å². The third kappa shape index (κ3) is 4.28. The van der Waals surface area contributed by atoms with E-state index in [0.717, 1.165) is 37.9 Å². The molecular formula is C26H34N4O3. The van der Waals surface area contributed by atoms with Gasteiger partial charge in [0.15, 0.2) is 5.76 Å². The smallest absolute Gasteiger partial charge is 0.289 e. The lowest BCUT2D eigenvalue weighted by molar-refractivity contribution is -0.133. The van der Waals surface area contributed by atoms with Gasteiger partial charge in [0.25, 0.3) is 11.8 Å². The first-order valence-corrected chi connectivity index (χ1v) is 12.7. The second kappa shape index (κ2) is 9.62. The molecule has 0 radical (unpaired) electrons. The molecule has 0 N–H and O–H groups in total. The van der Waals surface area contributed by atoms with Crippen LogP contribution in [-0.2, 0) is 4.79 Å². The number of nitrogens with zero attached hydrogens (tertiary/aromatic N) is 4. The van der Waals surface area contributed by atoms with E-state index < -0.39 is 0 Å². The Morgan fingerprint density at radius 2 is 1.76 bits per heavy atom. The van der Waals surface area contributed by atoms with E-state index >= 15 is 0 Å². The molecule has 0 aromatic carbocycles. The van der Waals surface area contributed by atoms with Gasteiger partial charge in [-0.2, -0.15) is 5.26 Å². The van der Waals surface area contributed by atoms with Gasteiger partial charge in [0, 0.05) is 50.4 Å². The number of piperazine rings is 1. The number of rotatable bonds is 4. The van der Waals surface area contributed by atoms with E-state index in [2.05, 4.69) is 15.9 Å². The highest BCUT2D eigenvalue weighted by Gasteiger charge is 2.45. The number of nitriles is 1. The zero-order chi connectivity index (χ0) is 22.8. The topological polar surface area (TPSA) is 80.8 Å². The zero-order valence-electron chi connectivity index (χ0n) is 19.4. The molecule has 176 valence electrons. The predicted molar refractivity (Wildman–Crippen MR) is 123 cm³/mol. The van der Waals surface area contributed by atoms with Gasteiger partial charge in [0.2, 0.25) is 0 Å². The van der Waals surface area contributed by atoms with Crippen LogP contribution in [0, 0.1) is 23.2 Å². The minimum Gasteiger partial charge on any atom is -0.459 e. The van der Waals surface area contributed by atoms with Crippen LogP contribution >= 0.6 is 0 Å². The molecule has 4 aliphatic rings. The van der Waals surface area contributed by atoms with Gasteiger partial charge in [-0.25, -0.2) is 0 Å². The molecule has 1 aromatic heterocycles. The van der Waals surface area contributed by atoms with Crippen LogP contribution < -0.4 is 0 Å². The van der Waals surface area contributed by atoms with Crippen molar-refractivity contribution in [1.82, 2.24) is 14.7 Å². The van der Waals surface area contributed by atoms with E-state index in [4.69, 9.17) is 4.42 Å². The molecule has 2 saturated carbocycles. The van der Waals surface area contributed by atoms with Crippen molar-refractivity contribution in [3.8, 4) is 6.07 Å². The highest BCUT2D eigenvalue weighted by atomic mass is 16.3. The lowest BCUT2D eigenvalue weighted by Gasteiger charge is -2.49. The first kappa shape index (κ1) is 22.1. The summed E-state index contributed by atoms with van der Waals surface area (Å²) in [7, 11) is 0. The normalized spacial score (nSPS) is 26.9. The van der Waals surface area contributed by atoms with Gasteiger partial charge < -0.3 is 19.1 Å². The monoisotopic (exact) mass is 450 g/mol. The molecule has 0 spiro atoms. The number of hydrogen-bond acceptors (Lipinski definition) is 5. The van der Waals surface area contributed by atoms with Gasteiger partial charge in [-0.15, -0.1) is 0 Å². The quantitative estimate of drug-likeness (QED) is 0.697. The Labute approximate surface area is 196 Å². The lowest BCUT2D eigenvalue weighted by Crippen LogP contribution is -2.57. The average molecular weight is 451 g/mol. The summed E-state index contributed by atoms with van der Waals surface area (Å²) >= 11 is 0. The van der Waals surface area contributed by atoms with Crippen molar-refractivity contribution in [3.63, 3.8) is 0 Å². The highest BCUT2D eigenvalue weighted by molar-refractivity contribution is 5.99. The molecule has 0 bridgehead atoms. The van der Waals surface area contributed by atoms with Crippen molar-refractivity contribution in [2.45, 2.75) is 63.8 Å². The summed E-state index contributed by atoms with van der Waals surface area (Å²) in [5, 5.41) is 10.1. The first-order chi connectivity index (χ1) is 16.2. The van der Waals surface area contributed by atoms with Gasteiger partial charge in [-0.1, -0.05) is 32.1 Å². The summed E-state index contributed by atoms with van der Waals surface area (Å²) in [4.78, 5) is 32.4. The van der Waals surface area contributed by atoms with Gasteiger partial charge in [0.1, 0.15) is 11.6 Å². The molecule has 1 saturated heterocycles. The lowest BCUT2D eigenvalue weighted by atomic mass is 9.76. The Morgan fingerprint density at radius 3 is 2.45 bits per heavy atom. The second-order valence-corrected chi connectivity index (χ2v) is 10.0. The summed E-state index contributed by atoms with van der Waals surface area (Å²) < 4.78 is 5.28. The van der Waals surface area contributed by atoms with Crippen LogP contribution in [0.5, 0.6) is 0 Å². The van der Waals surface area contributed by atoms with Crippen LogP contribution in [0.4, 0.5) is 0 Å². The fourth-order valence-corrected chi connectivity index (χ4v) is 6.46. The van der Waals surface area contributed by atoms with Gasteiger partial charge in [-0.3, -0.25) is 9.59 Å². The zero-order valence-corrected chi connectivity index (χ0v) is 19.4. The standard InChI is InChI=1S/C26H34N4O3/c27-17-21-24(28-12-14-29(15-13-28)26(32)23-11-6-16-33-23)20-9-4-5-10-22(20)30(25(21)31)18-19-7-2-1-3-8-19/h6,11,16,19-20,22H,1-5,7-10,12-15,18H2. The number of fused-ring (bicyclic) bond motifs is 1. The van der Waals surface area contributed by atoms with E-state index in [0.29, 0.717) is 43.4 Å². The Balaban J connectivity index is 1.36. The molecule has 2 aliphatic carbocycles. The van der Waals surface area contributed by atoms with E-state index in [9.17, 15) is 14.9 Å². The van der Waals surface area contributed by atoms with Crippen molar-refractivity contribution in [3.05, 3.63) is 35.4 Å². The van der Waals surface area contributed by atoms with E-state index in [1.165, 1.54) is 38.4 Å². The predicted octanol–water partition coefficient (Wildman–Crippen LogP) is 3.80. The van der Waals surface area contributed by atoms with Crippen LogP contribution in [0.25, 0.3) is 0 Å². The third-order valence-electron chi connectivity index (χ3n) is 8.14. The number of amides is 2. The highest BCUT2D eigenvalue weighted by Crippen LogP contribution is 2.42. The summed E-state index contributed by atoms with van der Waals surface area (Å²) in [5.41, 5.74) is 1.30. The SMILES string of the molecule is N#CC1=C(N2CCN(C(=O)c3ccco3)CC2)C2CCCCC2N(CC2CCCCC2)C1=O. The molecular weight excluding hydrogens is 416 g/mol.